The summed E-state index contributed by atoms with van der Waals surface area (Å²) >= 11 is 0. The van der Waals surface area contributed by atoms with Crippen molar-refractivity contribution in [3.8, 4) is 6.07 Å². The van der Waals surface area contributed by atoms with Crippen LogP contribution in [0.3, 0.4) is 0 Å². The average molecular weight is 417 g/mol. The molecule has 1 aliphatic rings. The van der Waals surface area contributed by atoms with Crippen molar-refractivity contribution < 1.29 is 9.53 Å². The molecule has 3 aromatic rings. The second-order valence-corrected chi connectivity index (χ2v) is 8.24. The molecule has 31 heavy (non-hydrogen) atoms. The van der Waals surface area contributed by atoms with Crippen LogP contribution in [0.5, 0.6) is 0 Å². The number of piperidine rings is 1. The topological polar surface area (TPSA) is 81.1 Å². The van der Waals surface area contributed by atoms with Crippen LogP contribution in [0.25, 0.3) is 10.9 Å². The number of para-hydroxylation sites is 1. The molecule has 0 bridgehead atoms. The van der Waals surface area contributed by atoms with Gasteiger partial charge in [-0.1, -0.05) is 48.5 Å². The number of aromatic nitrogens is 1. The fraction of sp³-hybridized carbons (Fsp3) is 0.360. The molecule has 0 radical (unpaired) electrons. The van der Waals surface area contributed by atoms with Crippen LogP contribution in [0, 0.1) is 11.3 Å². The molecule has 160 valence electrons. The molecule has 0 amide bonds. The van der Waals surface area contributed by atoms with E-state index in [1.165, 1.54) is 12.7 Å². The molecule has 1 atom stereocenters. The van der Waals surface area contributed by atoms with E-state index in [1.54, 1.807) is 0 Å². The molecule has 0 spiro atoms. The maximum atomic E-state index is 12.6. The average Bonchev–Trinajstić information content (AvgIpc) is 3.23. The minimum atomic E-state index is -0.738. The minimum absolute atomic E-state index is 0.341. The maximum Gasteiger partial charge on any atom is 0.323 e. The first kappa shape index (κ1) is 21.1. The molecule has 1 aliphatic heterocycles. The zero-order valence-electron chi connectivity index (χ0n) is 17.8. The van der Waals surface area contributed by atoms with Crippen molar-refractivity contribution in [2.45, 2.75) is 37.4 Å². The first-order chi connectivity index (χ1) is 15.1. The Balaban J connectivity index is 1.45. The fourth-order valence-corrected chi connectivity index (χ4v) is 4.41. The quantitative estimate of drug-likeness (QED) is 0.577. The van der Waals surface area contributed by atoms with Crippen molar-refractivity contribution in [1.82, 2.24) is 15.2 Å². The number of hydrogen-bond acceptors (Lipinski definition) is 5. The van der Waals surface area contributed by atoms with E-state index in [9.17, 15) is 10.1 Å². The molecule has 1 aromatic heterocycles. The predicted octanol–water partition coefficient (Wildman–Crippen LogP) is 3.40. The van der Waals surface area contributed by atoms with Crippen LogP contribution in [0.4, 0.5) is 0 Å². The first-order valence-corrected chi connectivity index (χ1v) is 10.7. The smallest absolute Gasteiger partial charge is 0.323 e. The summed E-state index contributed by atoms with van der Waals surface area (Å²) in [5.74, 6) is -0.341. The van der Waals surface area contributed by atoms with Gasteiger partial charge in [0.2, 0.25) is 0 Å². The molecule has 0 aliphatic carbocycles. The predicted molar refractivity (Wildman–Crippen MR) is 120 cm³/mol. The standard InChI is InChI=1S/C25H28N4O2/c1-31-24(30)23(15-20-16-27-22-10-6-5-9-21(20)22)28-25(18-26)11-13-29(14-12-25)17-19-7-3-2-4-8-19/h2-10,16,23,27-28H,11-15,17H2,1H3/t23-/m0/s1. The summed E-state index contributed by atoms with van der Waals surface area (Å²) in [7, 11) is 1.40. The van der Waals surface area contributed by atoms with Crippen molar-refractivity contribution in [2.24, 2.45) is 0 Å². The number of ether oxygens (including phenoxy) is 1. The van der Waals surface area contributed by atoms with Crippen molar-refractivity contribution >= 4 is 16.9 Å². The molecule has 1 saturated heterocycles. The molecule has 6 heteroatoms. The maximum absolute atomic E-state index is 12.6. The SMILES string of the molecule is COC(=O)[C@H](Cc1c[nH]c2ccccc12)NC1(C#N)CCN(Cc2ccccc2)CC1. The highest BCUT2D eigenvalue weighted by molar-refractivity contribution is 5.84. The van der Waals surface area contributed by atoms with Crippen LogP contribution in [0.15, 0.2) is 60.8 Å². The van der Waals surface area contributed by atoms with Crippen molar-refractivity contribution in [1.29, 1.82) is 5.26 Å². The van der Waals surface area contributed by atoms with Crippen molar-refractivity contribution in [2.75, 3.05) is 20.2 Å². The molecular weight excluding hydrogens is 388 g/mol. The Labute approximate surface area is 182 Å². The van der Waals surface area contributed by atoms with E-state index in [0.29, 0.717) is 19.3 Å². The first-order valence-electron chi connectivity index (χ1n) is 10.7. The van der Waals surface area contributed by atoms with Gasteiger partial charge >= 0.3 is 5.97 Å². The second-order valence-electron chi connectivity index (χ2n) is 8.24. The number of carbonyl (C=O) groups excluding carboxylic acids is 1. The number of benzene rings is 2. The van der Waals surface area contributed by atoms with Crippen LogP contribution in [-0.4, -0.2) is 47.6 Å². The van der Waals surface area contributed by atoms with E-state index in [-0.39, 0.29) is 5.97 Å². The Kier molecular flexibility index (Phi) is 6.36. The number of methoxy groups -OCH3 is 1. The number of esters is 1. The monoisotopic (exact) mass is 416 g/mol. The van der Waals surface area contributed by atoms with Gasteiger partial charge in [0, 0.05) is 43.2 Å². The third kappa shape index (κ3) is 4.79. The lowest BCUT2D eigenvalue weighted by Gasteiger charge is -2.39. The number of H-pyrrole nitrogens is 1. The van der Waals surface area contributed by atoms with Crippen LogP contribution >= 0.6 is 0 Å². The Morgan fingerprint density at radius 2 is 1.90 bits per heavy atom. The fourth-order valence-electron chi connectivity index (χ4n) is 4.41. The van der Waals surface area contributed by atoms with Gasteiger partial charge in [-0.15, -0.1) is 0 Å². The Bertz CT molecular complexity index is 1060. The Morgan fingerprint density at radius 3 is 2.61 bits per heavy atom. The van der Waals surface area contributed by atoms with E-state index in [0.717, 1.165) is 36.1 Å². The van der Waals surface area contributed by atoms with E-state index < -0.39 is 11.6 Å². The number of nitriles is 1. The van der Waals surface area contributed by atoms with Crippen LogP contribution in [0.1, 0.15) is 24.0 Å². The molecule has 1 fully saturated rings. The van der Waals surface area contributed by atoms with Crippen molar-refractivity contribution in [3.63, 3.8) is 0 Å². The number of fused-ring (bicyclic) bond motifs is 1. The highest BCUT2D eigenvalue weighted by Crippen LogP contribution is 2.26. The normalized spacial score (nSPS) is 17.2. The number of aromatic amines is 1. The lowest BCUT2D eigenvalue weighted by molar-refractivity contribution is -0.143. The summed E-state index contributed by atoms with van der Waals surface area (Å²) in [4.78, 5) is 18.2. The lowest BCUT2D eigenvalue weighted by atomic mass is 9.87. The largest absolute Gasteiger partial charge is 0.468 e. The molecule has 2 heterocycles. The summed E-state index contributed by atoms with van der Waals surface area (Å²) in [6.45, 7) is 2.48. The lowest BCUT2D eigenvalue weighted by Crippen LogP contribution is -2.58. The highest BCUT2D eigenvalue weighted by atomic mass is 16.5. The van der Waals surface area contributed by atoms with E-state index in [1.807, 2.05) is 48.7 Å². The summed E-state index contributed by atoms with van der Waals surface area (Å²) in [5.41, 5.74) is 2.60. The van der Waals surface area contributed by atoms with Gasteiger partial charge in [0.05, 0.1) is 13.2 Å². The molecule has 2 aromatic carbocycles. The Morgan fingerprint density at radius 1 is 1.19 bits per heavy atom. The second kappa shape index (κ2) is 9.34. The van der Waals surface area contributed by atoms with Gasteiger partial charge in [-0.3, -0.25) is 15.0 Å². The molecule has 6 nitrogen and oxygen atoms in total. The highest BCUT2D eigenvalue weighted by Gasteiger charge is 2.38. The molecule has 0 saturated carbocycles. The minimum Gasteiger partial charge on any atom is -0.468 e. The number of nitrogens with zero attached hydrogens (tertiary/aromatic N) is 2. The number of carbonyl (C=O) groups is 1. The van der Waals surface area contributed by atoms with Gasteiger partial charge in [-0.25, -0.2) is 0 Å². The summed E-state index contributed by atoms with van der Waals surface area (Å²) in [6.07, 6.45) is 3.73. The summed E-state index contributed by atoms with van der Waals surface area (Å²) in [6, 6.07) is 20.3. The van der Waals surface area contributed by atoms with Crippen molar-refractivity contribution in [3.05, 3.63) is 71.9 Å². The van der Waals surface area contributed by atoms with E-state index in [4.69, 9.17) is 4.74 Å². The molecular formula is C25H28N4O2. The zero-order valence-corrected chi connectivity index (χ0v) is 17.8. The van der Waals surface area contributed by atoms with Crippen LogP contribution in [0.2, 0.25) is 0 Å². The van der Waals surface area contributed by atoms with Gasteiger partial charge < -0.3 is 9.72 Å². The summed E-state index contributed by atoms with van der Waals surface area (Å²) in [5, 5.41) is 14.5. The van der Waals surface area contributed by atoms with Crippen LogP contribution < -0.4 is 5.32 Å². The van der Waals surface area contributed by atoms with Gasteiger partial charge in [-0.05, 0) is 30.0 Å². The molecule has 2 N–H and O–H groups in total. The number of rotatable bonds is 7. The third-order valence-corrected chi connectivity index (χ3v) is 6.21. The van der Waals surface area contributed by atoms with Gasteiger partial charge in [0.1, 0.15) is 11.6 Å². The van der Waals surface area contributed by atoms with Gasteiger partial charge in [-0.2, -0.15) is 5.26 Å². The third-order valence-electron chi connectivity index (χ3n) is 6.21. The molecule has 4 rings (SSSR count). The van der Waals surface area contributed by atoms with Crippen LogP contribution in [-0.2, 0) is 22.5 Å². The van der Waals surface area contributed by atoms with Gasteiger partial charge in [0.25, 0.3) is 0 Å². The number of nitrogens with one attached hydrogen (secondary N) is 2. The Hall–Kier alpha value is -3.14. The molecule has 0 unspecified atom stereocenters. The number of hydrogen-bond donors (Lipinski definition) is 2. The number of likely N-dealkylation sites (tertiary alicyclic amines) is 1. The zero-order chi connectivity index (χ0) is 21.7. The van der Waals surface area contributed by atoms with E-state index >= 15 is 0 Å². The van der Waals surface area contributed by atoms with Gasteiger partial charge in [0.15, 0.2) is 0 Å². The van der Waals surface area contributed by atoms with E-state index in [2.05, 4.69) is 33.4 Å². The summed E-state index contributed by atoms with van der Waals surface area (Å²) < 4.78 is 5.07.